The first-order chi connectivity index (χ1) is 15.1. The molecule has 0 aliphatic rings. The molecule has 0 radical (unpaired) electrons. The van der Waals surface area contributed by atoms with Gasteiger partial charge in [-0.1, -0.05) is 0 Å². The third-order valence-electron chi connectivity index (χ3n) is 4.68. The van der Waals surface area contributed by atoms with E-state index in [0.29, 0.717) is 45.5 Å². The second-order valence-electron chi connectivity index (χ2n) is 6.60. The average molecular weight is 418 g/mol. The van der Waals surface area contributed by atoms with Crippen LogP contribution in [0.5, 0.6) is 40.4 Å². The van der Waals surface area contributed by atoms with Crippen LogP contribution in [-0.4, -0.2) is 26.3 Å². The number of anilines is 1. The van der Waals surface area contributed by atoms with Gasteiger partial charge in [0.2, 0.25) is 5.88 Å². The van der Waals surface area contributed by atoms with E-state index in [1.165, 1.54) is 0 Å². The minimum atomic E-state index is 0.407. The van der Waals surface area contributed by atoms with Crippen molar-refractivity contribution in [1.82, 2.24) is 4.98 Å². The summed E-state index contributed by atoms with van der Waals surface area (Å²) >= 11 is 0. The Morgan fingerprint density at radius 2 is 1.19 bits per heavy atom. The molecule has 0 fully saturated rings. The normalized spacial score (nSPS) is 10.5. The van der Waals surface area contributed by atoms with Gasteiger partial charge in [-0.2, -0.15) is 0 Å². The molecule has 0 atom stereocenters. The highest BCUT2D eigenvalue weighted by molar-refractivity contribution is 5.97. The first-order valence-corrected chi connectivity index (χ1v) is 9.52. The number of fused-ring (bicyclic) bond motifs is 1. The van der Waals surface area contributed by atoms with Crippen molar-refractivity contribution in [2.45, 2.75) is 0 Å². The summed E-state index contributed by atoms with van der Waals surface area (Å²) in [7, 11) is 4.79. The Bertz CT molecular complexity index is 1190. The highest BCUT2D eigenvalue weighted by Gasteiger charge is 2.16. The van der Waals surface area contributed by atoms with Crippen LogP contribution in [0, 0.1) is 0 Å². The van der Waals surface area contributed by atoms with E-state index in [0.717, 1.165) is 11.5 Å². The van der Waals surface area contributed by atoms with Crippen molar-refractivity contribution in [2.75, 3.05) is 27.1 Å². The first-order valence-electron chi connectivity index (χ1n) is 9.52. The van der Waals surface area contributed by atoms with Gasteiger partial charge in [0.05, 0.1) is 27.0 Å². The van der Waals surface area contributed by atoms with Gasteiger partial charge in [-0.05, 0) is 54.6 Å². The number of methoxy groups -OCH3 is 3. The lowest BCUT2D eigenvalue weighted by atomic mass is 10.1. The first kappa shape index (κ1) is 20.2. The molecule has 0 spiro atoms. The average Bonchev–Trinajstić information content (AvgIpc) is 2.81. The van der Waals surface area contributed by atoms with E-state index in [2.05, 4.69) is 4.98 Å². The lowest BCUT2D eigenvalue weighted by Gasteiger charge is -2.15. The Morgan fingerprint density at radius 1 is 0.645 bits per heavy atom. The molecule has 0 saturated carbocycles. The Morgan fingerprint density at radius 3 is 1.74 bits per heavy atom. The van der Waals surface area contributed by atoms with Crippen molar-refractivity contribution in [3.05, 3.63) is 66.7 Å². The largest absolute Gasteiger partial charge is 0.497 e. The molecule has 0 bridgehead atoms. The maximum Gasteiger partial charge on any atom is 0.219 e. The number of pyridine rings is 1. The predicted molar refractivity (Wildman–Crippen MR) is 119 cm³/mol. The highest BCUT2D eigenvalue weighted by atomic mass is 16.5. The molecule has 4 aromatic rings. The summed E-state index contributed by atoms with van der Waals surface area (Å²) in [4.78, 5) is 4.58. The quantitative estimate of drug-likeness (QED) is 0.401. The molecule has 0 unspecified atom stereocenters. The van der Waals surface area contributed by atoms with Gasteiger partial charge >= 0.3 is 0 Å². The lowest BCUT2D eigenvalue weighted by Crippen LogP contribution is -1.98. The van der Waals surface area contributed by atoms with Gasteiger partial charge in [-0.15, -0.1) is 0 Å². The van der Waals surface area contributed by atoms with Crippen LogP contribution >= 0.6 is 0 Å². The van der Waals surface area contributed by atoms with E-state index in [9.17, 15) is 0 Å². The fraction of sp³-hybridized carbons (Fsp3) is 0.125. The molecule has 31 heavy (non-hydrogen) atoms. The number of aromatic nitrogens is 1. The molecule has 1 heterocycles. The van der Waals surface area contributed by atoms with Crippen LogP contribution in [0.25, 0.3) is 10.9 Å². The zero-order valence-electron chi connectivity index (χ0n) is 17.4. The molecule has 0 aliphatic carbocycles. The Balaban J connectivity index is 1.70. The van der Waals surface area contributed by atoms with E-state index < -0.39 is 0 Å². The number of hydrogen-bond donors (Lipinski definition) is 1. The molecule has 0 saturated heterocycles. The molecular weight excluding hydrogens is 396 g/mol. The van der Waals surface area contributed by atoms with Crippen LogP contribution in [-0.2, 0) is 0 Å². The van der Waals surface area contributed by atoms with Crippen molar-refractivity contribution in [3.8, 4) is 40.4 Å². The van der Waals surface area contributed by atoms with E-state index >= 15 is 0 Å². The maximum absolute atomic E-state index is 6.25. The molecular formula is C24H22N2O5. The van der Waals surface area contributed by atoms with Gasteiger partial charge < -0.3 is 29.4 Å². The molecule has 2 N–H and O–H groups in total. The van der Waals surface area contributed by atoms with E-state index in [1.54, 1.807) is 45.6 Å². The minimum absolute atomic E-state index is 0.407. The van der Waals surface area contributed by atoms with E-state index in [1.807, 2.05) is 42.5 Å². The van der Waals surface area contributed by atoms with Gasteiger partial charge in [0, 0.05) is 17.5 Å². The summed E-state index contributed by atoms with van der Waals surface area (Å²) < 4.78 is 27.9. The Labute approximate surface area is 179 Å². The Kier molecular flexibility index (Phi) is 5.66. The van der Waals surface area contributed by atoms with Gasteiger partial charge in [0.1, 0.15) is 28.5 Å². The monoisotopic (exact) mass is 418 g/mol. The molecule has 158 valence electrons. The van der Waals surface area contributed by atoms with Gasteiger partial charge in [0.25, 0.3) is 0 Å². The third-order valence-corrected chi connectivity index (χ3v) is 4.68. The third kappa shape index (κ3) is 4.25. The van der Waals surface area contributed by atoms with E-state index in [4.69, 9.17) is 29.4 Å². The minimum Gasteiger partial charge on any atom is -0.497 e. The zero-order valence-corrected chi connectivity index (χ0v) is 17.4. The number of rotatable bonds is 7. The van der Waals surface area contributed by atoms with Gasteiger partial charge in [0.15, 0.2) is 11.5 Å². The van der Waals surface area contributed by atoms with Gasteiger partial charge in [-0.3, -0.25) is 0 Å². The number of benzene rings is 3. The summed E-state index contributed by atoms with van der Waals surface area (Å²) in [6.07, 6.45) is 0. The SMILES string of the molecule is COc1ccc(Oc2ccc3c(Oc4ccc(OC)cc4)c(OC)cc(N)c3n2)cc1. The molecule has 7 heteroatoms. The molecule has 1 aromatic heterocycles. The topological polar surface area (TPSA) is 85.1 Å². The van der Waals surface area contributed by atoms with Crippen molar-refractivity contribution in [1.29, 1.82) is 0 Å². The fourth-order valence-corrected chi connectivity index (χ4v) is 3.09. The van der Waals surface area contributed by atoms with Crippen molar-refractivity contribution >= 4 is 16.6 Å². The van der Waals surface area contributed by atoms with Gasteiger partial charge in [-0.25, -0.2) is 4.98 Å². The van der Waals surface area contributed by atoms with Crippen molar-refractivity contribution in [3.63, 3.8) is 0 Å². The van der Waals surface area contributed by atoms with Crippen LogP contribution < -0.4 is 29.4 Å². The van der Waals surface area contributed by atoms with E-state index in [-0.39, 0.29) is 0 Å². The highest BCUT2D eigenvalue weighted by Crippen LogP contribution is 2.42. The standard InChI is InChI=1S/C24H22N2O5/c1-27-15-4-8-17(9-5-15)30-22-13-12-19-23(26-22)20(25)14-21(29-3)24(19)31-18-10-6-16(28-2)7-11-18/h4-14H,25H2,1-3H3. The molecule has 3 aromatic carbocycles. The van der Waals surface area contributed by atoms with Crippen LogP contribution in [0.1, 0.15) is 0 Å². The van der Waals surface area contributed by atoms with Crippen LogP contribution in [0.2, 0.25) is 0 Å². The van der Waals surface area contributed by atoms with Crippen molar-refractivity contribution in [2.24, 2.45) is 0 Å². The number of ether oxygens (including phenoxy) is 5. The zero-order chi connectivity index (χ0) is 21.8. The summed E-state index contributed by atoms with van der Waals surface area (Å²) in [5.74, 6) is 4.17. The number of nitrogen functional groups attached to an aromatic ring is 1. The Hall–Kier alpha value is -4.13. The molecule has 7 nitrogen and oxygen atoms in total. The van der Waals surface area contributed by atoms with Crippen LogP contribution in [0.4, 0.5) is 5.69 Å². The fourth-order valence-electron chi connectivity index (χ4n) is 3.09. The van der Waals surface area contributed by atoms with Crippen LogP contribution in [0.3, 0.4) is 0 Å². The second kappa shape index (κ2) is 8.71. The summed E-state index contributed by atoms with van der Waals surface area (Å²) in [5.41, 5.74) is 7.25. The van der Waals surface area contributed by atoms with Crippen LogP contribution in [0.15, 0.2) is 66.7 Å². The molecule has 0 aliphatic heterocycles. The summed E-state index contributed by atoms with van der Waals surface area (Å²) in [6, 6.07) is 19.8. The molecule has 4 rings (SSSR count). The summed E-state index contributed by atoms with van der Waals surface area (Å²) in [6.45, 7) is 0. The van der Waals surface area contributed by atoms with Crippen molar-refractivity contribution < 1.29 is 23.7 Å². The molecule has 0 amide bonds. The predicted octanol–water partition coefficient (Wildman–Crippen LogP) is 5.43. The number of hydrogen-bond acceptors (Lipinski definition) is 7. The lowest BCUT2D eigenvalue weighted by molar-refractivity contribution is 0.380. The number of nitrogens with two attached hydrogens (primary N) is 1. The summed E-state index contributed by atoms with van der Waals surface area (Å²) in [5, 5.41) is 0.703. The second-order valence-corrected chi connectivity index (χ2v) is 6.60. The number of nitrogens with zero attached hydrogens (tertiary/aromatic N) is 1. The smallest absolute Gasteiger partial charge is 0.219 e. The maximum atomic E-state index is 6.25.